The van der Waals surface area contributed by atoms with Crippen molar-refractivity contribution in [2.75, 3.05) is 27.2 Å². The molecule has 2 aliphatic rings. The van der Waals surface area contributed by atoms with Crippen molar-refractivity contribution in [2.24, 2.45) is 4.99 Å². The van der Waals surface area contributed by atoms with Crippen molar-refractivity contribution in [3.63, 3.8) is 0 Å². The summed E-state index contributed by atoms with van der Waals surface area (Å²) in [6.07, 6.45) is 0.871. The molecule has 49 heavy (non-hydrogen) atoms. The van der Waals surface area contributed by atoms with Gasteiger partial charge in [-0.3, -0.25) is 4.99 Å². The Hall–Kier alpha value is -4.58. The fourth-order valence-corrected chi connectivity index (χ4v) is 8.44. The van der Waals surface area contributed by atoms with Gasteiger partial charge in [0.25, 0.3) is 10.0 Å². The van der Waals surface area contributed by atoms with Crippen molar-refractivity contribution >= 4 is 28.0 Å². The second-order valence-electron chi connectivity index (χ2n) is 13.6. The number of aliphatic carboxylic acids is 1. The topological polar surface area (TPSA) is 147 Å². The molecular weight excluding hydrogens is 644 g/mol. The summed E-state index contributed by atoms with van der Waals surface area (Å²) in [5.41, 5.74) is 6.92. The number of guanidine groups is 1. The van der Waals surface area contributed by atoms with E-state index in [1.165, 1.54) is 0 Å². The molecule has 0 saturated carbocycles. The van der Waals surface area contributed by atoms with Crippen LogP contribution in [-0.2, 0) is 26.0 Å². The molecule has 0 radical (unpaired) electrons. The number of hydrogen-bond donors (Lipinski definition) is 3. The number of unbranched alkanes of at least 4 members (excludes halogenated alkanes) is 1. The SMILES string of the molecule is Cc1c(C)c(S(=O)(=O)NC(=NCCCC[C@H](NC(=O)OCC2c3ccccc3-c3ccccc32)C(=O)O)N(C)C)c(C)c2c1OC(C)(C)C2. The molecule has 262 valence electrons. The van der Waals surface area contributed by atoms with E-state index in [1.807, 2.05) is 76.2 Å². The van der Waals surface area contributed by atoms with Gasteiger partial charge in [-0.1, -0.05) is 48.5 Å². The normalized spacial score (nSPS) is 15.4. The fraction of sp³-hybridized carbons (Fsp3) is 0.432. The number of ether oxygens (including phenoxy) is 2. The van der Waals surface area contributed by atoms with E-state index in [4.69, 9.17) is 9.47 Å². The van der Waals surface area contributed by atoms with Crippen LogP contribution in [0.5, 0.6) is 5.75 Å². The van der Waals surface area contributed by atoms with Crippen LogP contribution in [0.1, 0.15) is 72.4 Å². The maximum atomic E-state index is 13.7. The zero-order chi connectivity index (χ0) is 35.7. The van der Waals surface area contributed by atoms with E-state index in [9.17, 15) is 23.1 Å². The largest absolute Gasteiger partial charge is 0.487 e. The van der Waals surface area contributed by atoms with E-state index < -0.39 is 33.7 Å². The zero-order valence-electron chi connectivity index (χ0n) is 29.2. The van der Waals surface area contributed by atoms with Gasteiger partial charge in [-0.05, 0) is 92.8 Å². The molecule has 1 atom stereocenters. The van der Waals surface area contributed by atoms with Gasteiger partial charge < -0.3 is 24.8 Å². The predicted molar refractivity (Wildman–Crippen MR) is 189 cm³/mol. The minimum Gasteiger partial charge on any atom is -0.487 e. The standard InChI is InChI=1S/C37H46N4O7S/c1-22-23(2)33(24(3)29-20-37(4,5)48-32(22)29)49(45,46)40-35(41(6)7)38-19-13-12-18-31(34(42)43)39-36(44)47-21-30-27-16-10-8-14-25(27)26-15-9-11-17-28(26)30/h8-11,14-17,30-31H,12-13,18-21H2,1-7H3,(H,38,40)(H,39,44)(H,42,43)/t31-/m0/s1. The van der Waals surface area contributed by atoms with Crippen LogP contribution in [0.3, 0.4) is 0 Å². The molecule has 0 aromatic heterocycles. The maximum absolute atomic E-state index is 13.7. The number of benzene rings is 3. The molecule has 0 saturated heterocycles. The Morgan fingerprint density at radius 1 is 1.00 bits per heavy atom. The molecule has 0 unspecified atom stereocenters. The first-order valence-corrected chi connectivity index (χ1v) is 18.0. The van der Waals surface area contributed by atoms with Crippen LogP contribution in [0.25, 0.3) is 11.1 Å². The van der Waals surface area contributed by atoms with E-state index in [-0.39, 0.29) is 36.3 Å². The highest BCUT2D eigenvalue weighted by Gasteiger charge is 2.37. The Morgan fingerprint density at radius 3 is 2.20 bits per heavy atom. The molecule has 1 aliphatic heterocycles. The molecule has 3 N–H and O–H groups in total. The Labute approximate surface area is 288 Å². The molecule has 5 rings (SSSR count). The van der Waals surface area contributed by atoms with E-state index in [1.54, 1.807) is 25.9 Å². The van der Waals surface area contributed by atoms with Crippen LogP contribution in [0.2, 0.25) is 0 Å². The van der Waals surface area contributed by atoms with Gasteiger partial charge in [0.1, 0.15) is 24.0 Å². The first-order valence-electron chi connectivity index (χ1n) is 16.5. The van der Waals surface area contributed by atoms with Crippen molar-refractivity contribution in [3.8, 4) is 16.9 Å². The van der Waals surface area contributed by atoms with Crippen molar-refractivity contribution < 1.29 is 32.6 Å². The first-order chi connectivity index (χ1) is 23.1. The summed E-state index contributed by atoms with van der Waals surface area (Å²) in [6, 6.07) is 14.8. The molecule has 11 nitrogen and oxygen atoms in total. The molecule has 1 aliphatic carbocycles. The Bertz CT molecular complexity index is 1860. The number of amides is 1. The number of carbonyl (C=O) groups is 2. The number of nitrogens with one attached hydrogen (secondary N) is 2. The number of carboxylic acids is 1. The van der Waals surface area contributed by atoms with Crippen LogP contribution >= 0.6 is 0 Å². The molecule has 3 aromatic carbocycles. The quantitative estimate of drug-likeness (QED) is 0.132. The summed E-state index contributed by atoms with van der Waals surface area (Å²) in [5, 5.41) is 12.3. The van der Waals surface area contributed by atoms with Crippen molar-refractivity contribution in [3.05, 3.63) is 81.9 Å². The van der Waals surface area contributed by atoms with Crippen LogP contribution in [0.4, 0.5) is 4.79 Å². The van der Waals surface area contributed by atoms with E-state index in [0.29, 0.717) is 30.4 Å². The van der Waals surface area contributed by atoms with Crippen LogP contribution in [0.15, 0.2) is 58.4 Å². The van der Waals surface area contributed by atoms with Gasteiger partial charge in [0.15, 0.2) is 0 Å². The highest BCUT2D eigenvalue weighted by atomic mass is 32.2. The number of carboxylic acid groups (broad SMARTS) is 1. The van der Waals surface area contributed by atoms with Crippen LogP contribution in [0, 0.1) is 20.8 Å². The second kappa shape index (κ2) is 14.1. The van der Waals surface area contributed by atoms with Crippen LogP contribution < -0.4 is 14.8 Å². The lowest BCUT2D eigenvalue weighted by atomic mass is 9.94. The van der Waals surface area contributed by atoms with Gasteiger partial charge in [0.2, 0.25) is 5.96 Å². The number of hydrogen-bond acceptors (Lipinski definition) is 7. The lowest BCUT2D eigenvalue weighted by molar-refractivity contribution is -0.139. The number of fused-ring (bicyclic) bond motifs is 4. The predicted octanol–water partition coefficient (Wildman–Crippen LogP) is 5.68. The average Bonchev–Trinajstić information content (AvgIpc) is 3.55. The van der Waals surface area contributed by atoms with Gasteiger partial charge in [0.05, 0.1) is 4.90 Å². The first kappa shape index (κ1) is 35.7. The molecule has 0 fully saturated rings. The third-order valence-corrected chi connectivity index (χ3v) is 10.9. The van der Waals surface area contributed by atoms with Gasteiger partial charge in [-0.25, -0.2) is 22.7 Å². The smallest absolute Gasteiger partial charge is 0.407 e. The van der Waals surface area contributed by atoms with Crippen molar-refractivity contribution in [1.29, 1.82) is 0 Å². The molecule has 0 spiro atoms. The number of alkyl carbamates (subject to hydrolysis) is 1. The Kier molecular flexibility index (Phi) is 10.3. The maximum Gasteiger partial charge on any atom is 0.407 e. The minimum atomic E-state index is -3.99. The summed E-state index contributed by atoms with van der Waals surface area (Å²) in [4.78, 5) is 31.0. The Morgan fingerprint density at radius 2 is 1.61 bits per heavy atom. The molecule has 0 bridgehead atoms. The summed E-state index contributed by atoms with van der Waals surface area (Å²) in [6.45, 7) is 9.78. The van der Waals surface area contributed by atoms with Crippen molar-refractivity contribution in [2.45, 2.75) is 82.8 Å². The average molecular weight is 691 g/mol. The van der Waals surface area contributed by atoms with Gasteiger partial charge in [-0.15, -0.1) is 0 Å². The van der Waals surface area contributed by atoms with Crippen LogP contribution in [-0.4, -0.2) is 75.3 Å². The van der Waals surface area contributed by atoms with Gasteiger partial charge in [-0.2, -0.15) is 0 Å². The number of carbonyl (C=O) groups excluding carboxylic acids is 1. The van der Waals surface area contributed by atoms with E-state index in [2.05, 4.69) is 15.0 Å². The minimum absolute atomic E-state index is 0.0833. The number of nitrogens with zero attached hydrogens (tertiary/aromatic N) is 2. The second-order valence-corrected chi connectivity index (χ2v) is 15.2. The zero-order valence-corrected chi connectivity index (χ0v) is 30.0. The molecule has 12 heteroatoms. The molecule has 1 heterocycles. The fourth-order valence-electron chi connectivity index (χ4n) is 6.77. The highest BCUT2D eigenvalue weighted by molar-refractivity contribution is 7.90. The lowest BCUT2D eigenvalue weighted by Crippen LogP contribution is -2.41. The Balaban J connectivity index is 1.16. The number of rotatable bonds is 11. The van der Waals surface area contributed by atoms with E-state index >= 15 is 0 Å². The molecular formula is C37H46N4O7S. The molecule has 3 aromatic rings. The summed E-state index contributed by atoms with van der Waals surface area (Å²) in [5.74, 6) is -0.375. The third-order valence-electron chi connectivity index (χ3n) is 9.31. The summed E-state index contributed by atoms with van der Waals surface area (Å²) < 4.78 is 41.8. The monoisotopic (exact) mass is 690 g/mol. The summed E-state index contributed by atoms with van der Waals surface area (Å²) in [7, 11) is -0.593. The third kappa shape index (κ3) is 7.54. The highest BCUT2D eigenvalue weighted by Crippen LogP contribution is 2.45. The lowest BCUT2D eigenvalue weighted by Gasteiger charge is -2.21. The van der Waals surface area contributed by atoms with Gasteiger partial charge >= 0.3 is 12.1 Å². The molecule has 1 amide bonds. The van der Waals surface area contributed by atoms with Crippen molar-refractivity contribution in [1.82, 2.24) is 14.9 Å². The summed E-state index contributed by atoms with van der Waals surface area (Å²) >= 11 is 0. The van der Waals surface area contributed by atoms with Gasteiger partial charge in [0, 0.05) is 38.5 Å². The number of sulfonamides is 1. The van der Waals surface area contributed by atoms with E-state index in [0.717, 1.165) is 39.1 Å². The number of aliphatic imine (C=N–C) groups is 1.